The van der Waals surface area contributed by atoms with Crippen LogP contribution < -0.4 is 0 Å². The van der Waals surface area contributed by atoms with Crippen LogP contribution in [0.1, 0.15) is 30.5 Å². The summed E-state index contributed by atoms with van der Waals surface area (Å²) < 4.78 is 0. The molecule has 0 aliphatic heterocycles. The molecule has 0 fully saturated rings. The van der Waals surface area contributed by atoms with Crippen LogP contribution >= 0.6 is 0 Å². The van der Waals surface area contributed by atoms with Gasteiger partial charge in [-0.3, -0.25) is 0 Å². The summed E-state index contributed by atoms with van der Waals surface area (Å²) in [6, 6.07) is 15.2. The predicted molar refractivity (Wildman–Crippen MR) is 99.9 cm³/mol. The first kappa shape index (κ1) is 15.8. The average molecular weight is 306 g/mol. The second kappa shape index (κ2) is 5.54. The lowest BCUT2D eigenvalue weighted by atomic mass is 9.87. The van der Waals surface area contributed by atoms with E-state index in [2.05, 4.69) is 94.1 Å². The summed E-state index contributed by atoms with van der Waals surface area (Å²) in [5.74, 6) is 0. The summed E-state index contributed by atoms with van der Waals surface area (Å²) in [7, 11) is 4.28. The molecule has 2 heteroatoms. The van der Waals surface area contributed by atoms with Crippen molar-refractivity contribution in [2.75, 3.05) is 14.1 Å². The van der Waals surface area contributed by atoms with E-state index in [0.717, 1.165) is 0 Å². The summed E-state index contributed by atoms with van der Waals surface area (Å²) >= 11 is 0. The standard InChI is InChI=1S/C21H26N2/c1-14-10-9-13-18-19(14)15(2)20(22-18)16-11-7-8-12-17(16)21(3,4)23(5)6/h7-13,22H,1-6H3. The summed E-state index contributed by atoms with van der Waals surface area (Å²) in [6.07, 6.45) is 0. The second-order valence-corrected chi connectivity index (χ2v) is 7.12. The first-order chi connectivity index (χ1) is 10.8. The van der Waals surface area contributed by atoms with E-state index in [1.54, 1.807) is 0 Å². The van der Waals surface area contributed by atoms with Crippen LogP contribution in [0.2, 0.25) is 0 Å². The van der Waals surface area contributed by atoms with Crippen LogP contribution in [-0.2, 0) is 5.54 Å². The molecule has 3 rings (SSSR count). The zero-order valence-corrected chi connectivity index (χ0v) is 15.0. The van der Waals surface area contributed by atoms with Gasteiger partial charge in [0.05, 0.1) is 0 Å². The molecule has 0 bridgehead atoms. The van der Waals surface area contributed by atoms with Gasteiger partial charge in [0.1, 0.15) is 0 Å². The second-order valence-electron chi connectivity index (χ2n) is 7.12. The number of benzene rings is 2. The van der Waals surface area contributed by atoms with Crippen LogP contribution in [0.15, 0.2) is 42.5 Å². The van der Waals surface area contributed by atoms with Gasteiger partial charge in [0, 0.05) is 27.7 Å². The van der Waals surface area contributed by atoms with Crippen LogP contribution in [0, 0.1) is 13.8 Å². The molecule has 23 heavy (non-hydrogen) atoms. The zero-order valence-electron chi connectivity index (χ0n) is 15.0. The van der Waals surface area contributed by atoms with Gasteiger partial charge in [0.25, 0.3) is 0 Å². The van der Waals surface area contributed by atoms with Crippen LogP contribution in [0.5, 0.6) is 0 Å². The van der Waals surface area contributed by atoms with E-state index in [1.165, 1.54) is 38.9 Å². The van der Waals surface area contributed by atoms with Gasteiger partial charge in [-0.25, -0.2) is 0 Å². The molecule has 0 amide bonds. The first-order valence-electron chi connectivity index (χ1n) is 8.19. The molecular formula is C21H26N2. The van der Waals surface area contributed by atoms with Crippen LogP contribution in [0.3, 0.4) is 0 Å². The molecule has 2 aromatic carbocycles. The fourth-order valence-corrected chi connectivity index (χ4v) is 3.37. The van der Waals surface area contributed by atoms with Gasteiger partial charge in [-0.05, 0) is 64.5 Å². The Kier molecular flexibility index (Phi) is 3.81. The van der Waals surface area contributed by atoms with E-state index in [0.29, 0.717) is 0 Å². The fourth-order valence-electron chi connectivity index (χ4n) is 3.37. The summed E-state index contributed by atoms with van der Waals surface area (Å²) in [5.41, 5.74) is 7.72. The van der Waals surface area contributed by atoms with Gasteiger partial charge in [-0.2, -0.15) is 0 Å². The number of fused-ring (bicyclic) bond motifs is 1. The largest absolute Gasteiger partial charge is 0.354 e. The van der Waals surface area contributed by atoms with Crippen LogP contribution in [-0.4, -0.2) is 24.0 Å². The van der Waals surface area contributed by atoms with Gasteiger partial charge in [-0.15, -0.1) is 0 Å². The number of rotatable bonds is 3. The van der Waals surface area contributed by atoms with Crippen molar-refractivity contribution in [3.8, 4) is 11.3 Å². The highest BCUT2D eigenvalue weighted by Crippen LogP contribution is 2.38. The molecule has 0 aliphatic carbocycles. The first-order valence-corrected chi connectivity index (χ1v) is 8.19. The highest BCUT2D eigenvalue weighted by molar-refractivity contribution is 5.93. The molecule has 1 heterocycles. The molecular weight excluding hydrogens is 280 g/mol. The third-order valence-corrected chi connectivity index (χ3v) is 5.26. The van der Waals surface area contributed by atoms with Crippen LogP contribution in [0.25, 0.3) is 22.2 Å². The Hall–Kier alpha value is -2.06. The Balaban J connectivity index is 2.29. The van der Waals surface area contributed by atoms with Gasteiger partial charge in [0.15, 0.2) is 0 Å². The fraction of sp³-hybridized carbons (Fsp3) is 0.333. The molecule has 0 atom stereocenters. The van der Waals surface area contributed by atoms with Gasteiger partial charge < -0.3 is 9.88 Å². The Bertz CT molecular complexity index is 853. The lowest BCUT2D eigenvalue weighted by Crippen LogP contribution is -2.35. The lowest BCUT2D eigenvalue weighted by Gasteiger charge is -2.34. The third-order valence-electron chi connectivity index (χ3n) is 5.26. The van der Waals surface area contributed by atoms with Crippen molar-refractivity contribution in [1.82, 2.24) is 9.88 Å². The van der Waals surface area contributed by atoms with Crippen molar-refractivity contribution in [2.45, 2.75) is 33.2 Å². The number of nitrogens with one attached hydrogen (secondary N) is 1. The Morgan fingerprint density at radius 2 is 1.61 bits per heavy atom. The van der Waals surface area contributed by atoms with E-state index < -0.39 is 0 Å². The van der Waals surface area contributed by atoms with Crippen molar-refractivity contribution in [1.29, 1.82) is 0 Å². The molecule has 0 radical (unpaired) electrons. The number of aromatic amines is 1. The highest BCUT2D eigenvalue weighted by atomic mass is 15.1. The maximum absolute atomic E-state index is 3.65. The van der Waals surface area contributed by atoms with E-state index in [1.807, 2.05) is 0 Å². The molecule has 0 spiro atoms. The highest BCUT2D eigenvalue weighted by Gasteiger charge is 2.27. The van der Waals surface area contributed by atoms with Crippen molar-refractivity contribution in [3.05, 3.63) is 59.2 Å². The van der Waals surface area contributed by atoms with Crippen molar-refractivity contribution in [3.63, 3.8) is 0 Å². The minimum atomic E-state index is -0.0324. The molecule has 0 saturated heterocycles. The van der Waals surface area contributed by atoms with Gasteiger partial charge in [-0.1, -0.05) is 36.4 Å². The molecule has 3 aromatic rings. The number of hydrogen-bond acceptors (Lipinski definition) is 1. The molecule has 1 aromatic heterocycles. The molecule has 120 valence electrons. The van der Waals surface area contributed by atoms with Crippen molar-refractivity contribution in [2.24, 2.45) is 0 Å². The van der Waals surface area contributed by atoms with E-state index in [9.17, 15) is 0 Å². The summed E-state index contributed by atoms with van der Waals surface area (Å²) in [5, 5.41) is 1.35. The van der Waals surface area contributed by atoms with E-state index >= 15 is 0 Å². The maximum Gasteiger partial charge on any atom is 0.0498 e. The number of H-pyrrole nitrogens is 1. The van der Waals surface area contributed by atoms with E-state index in [4.69, 9.17) is 0 Å². The molecule has 2 nitrogen and oxygen atoms in total. The molecule has 0 unspecified atom stereocenters. The number of aryl methyl sites for hydroxylation is 2. The monoisotopic (exact) mass is 306 g/mol. The van der Waals surface area contributed by atoms with E-state index in [-0.39, 0.29) is 5.54 Å². The Labute approximate surface area is 139 Å². The number of hydrogen-bond donors (Lipinski definition) is 1. The smallest absolute Gasteiger partial charge is 0.0498 e. The topological polar surface area (TPSA) is 19.0 Å². The lowest BCUT2D eigenvalue weighted by molar-refractivity contribution is 0.198. The Morgan fingerprint density at radius 1 is 0.913 bits per heavy atom. The predicted octanol–water partition coefficient (Wildman–Crippen LogP) is 5.25. The van der Waals surface area contributed by atoms with Crippen LogP contribution in [0.4, 0.5) is 0 Å². The van der Waals surface area contributed by atoms with Gasteiger partial charge in [0.2, 0.25) is 0 Å². The molecule has 0 aliphatic rings. The Morgan fingerprint density at radius 3 is 2.26 bits per heavy atom. The molecule has 1 N–H and O–H groups in total. The minimum Gasteiger partial charge on any atom is -0.354 e. The van der Waals surface area contributed by atoms with Crippen molar-refractivity contribution >= 4 is 10.9 Å². The maximum atomic E-state index is 3.65. The molecule has 0 saturated carbocycles. The average Bonchev–Trinajstić information content (AvgIpc) is 2.85. The SMILES string of the molecule is Cc1cccc2[nH]c(-c3ccccc3C(C)(C)N(C)C)c(C)c12. The van der Waals surface area contributed by atoms with Crippen molar-refractivity contribution < 1.29 is 0 Å². The minimum absolute atomic E-state index is 0.0324. The number of aromatic nitrogens is 1. The van der Waals surface area contributed by atoms with Gasteiger partial charge >= 0.3 is 0 Å². The third kappa shape index (κ3) is 2.47. The zero-order chi connectivity index (χ0) is 16.8. The summed E-state index contributed by atoms with van der Waals surface area (Å²) in [6.45, 7) is 8.95. The number of nitrogens with zero attached hydrogens (tertiary/aromatic N) is 1. The normalized spacial score (nSPS) is 12.3. The summed E-state index contributed by atoms with van der Waals surface area (Å²) in [4.78, 5) is 5.93. The quantitative estimate of drug-likeness (QED) is 0.700.